The lowest BCUT2D eigenvalue weighted by Gasteiger charge is -2.23. The summed E-state index contributed by atoms with van der Waals surface area (Å²) in [5.74, 6) is 0.751. The van der Waals surface area contributed by atoms with Crippen molar-refractivity contribution in [2.45, 2.75) is 31.8 Å². The van der Waals surface area contributed by atoms with Crippen LogP contribution in [0.1, 0.15) is 37.5 Å². The van der Waals surface area contributed by atoms with Crippen LogP contribution >= 0.6 is 0 Å². The lowest BCUT2D eigenvalue weighted by atomic mass is 9.91. The largest absolute Gasteiger partial charge is 0.387 e. The molecule has 2 N–H and O–H groups in total. The molecule has 1 aliphatic heterocycles. The van der Waals surface area contributed by atoms with E-state index in [1.807, 2.05) is 24.3 Å². The van der Waals surface area contributed by atoms with Crippen molar-refractivity contribution < 1.29 is 5.11 Å². The second kappa shape index (κ2) is 6.33. The maximum absolute atomic E-state index is 10.5. The van der Waals surface area contributed by atoms with E-state index in [2.05, 4.69) is 16.4 Å². The minimum Gasteiger partial charge on any atom is -0.387 e. The van der Waals surface area contributed by atoms with Crippen molar-refractivity contribution in [1.29, 1.82) is 0 Å². The Labute approximate surface area is 120 Å². The van der Waals surface area contributed by atoms with E-state index in [1.54, 1.807) is 6.20 Å². The first-order valence-electron chi connectivity index (χ1n) is 7.57. The number of piperidine rings is 1. The standard InChI is InChI=1S/C17H22N2O/c20-16(6-5-13-7-10-18-11-8-13)17-15-4-2-1-3-14(15)9-12-19-17/h1-4,9,12-13,16,18,20H,5-8,10-11H2. The van der Waals surface area contributed by atoms with E-state index in [0.29, 0.717) is 0 Å². The summed E-state index contributed by atoms with van der Waals surface area (Å²) in [4.78, 5) is 4.41. The van der Waals surface area contributed by atoms with E-state index >= 15 is 0 Å². The van der Waals surface area contributed by atoms with Gasteiger partial charge >= 0.3 is 0 Å². The summed E-state index contributed by atoms with van der Waals surface area (Å²) in [6.07, 6.45) is 5.71. The summed E-state index contributed by atoms with van der Waals surface area (Å²) in [6, 6.07) is 10.1. The third kappa shape index (κ3) is 3.00. The lowest BCUT2D eigenvalue weighted by molar-refractivity contribution is 0.149. The molecule has 20 heavy (non-hydrogen) atoms. The molecule has 1 aromatic carbocycles. The second-order valence-electron chi connectivity index (χ2n) is 5.70. The first kappa shape index (κ1) is 13.5. The van der Waals surface area contributed by atoms with E-state index in [-0.39, 0.29) is 0 Å². The average Bonchev–Trinajstić information content (AvgIpc) is 2.53. The highest BCUT2D eigenvalue weighted by molar-refractivity contribution is 5.84. The van der Waals surface area contributed by atoms with Crippen molar-refractivity contribution in [2.24, 2.45) is 5.92 Å². The van der Waals surface area contributed by atoms with E-state index in [4.69, 9.17) is 0 Å². The van der Waals surface area contributed by atoms with Gasteiger partial charge in [-0.15, -0.1) is 0 Å². The zero-order chi connectivity index (χ0) is 13.8. The van der Waals surface area contributed by atoms with Crippen molar-refractivity contribution in [3.05, 3.63) is 42.2 Å². The molecule has 2 heterocycles. The molecule has 1 saturated heterocycles. The fourth-order valence-electron chi connectivity index (χ4n) is 3.11. The van der Waals surface area contributed by atoms with E-state index in [0.717, 1.165) is 48.3 Å². The molecule has 1 unspecified atom stereocenters. The van der Waals surface area contributed by atoms with Crippen LogP contribution in [0.15, 0.2) is 36.5 Å². The van der Waals surface area contributed by atoms with Gasteiger partial charge < -0.3 is 10.4 Å². The van der Waals surface area contributed by atoms with Gasteiger partial charge in [-0.05, 0) is 56.1 Å². The Morgan fingerprint density at radius 1 is 1.20 bits per heavy atom. The number of aromatic nitrogens is 1. The molecule has 106 valence electrons. The first-order valence-corrected chi connectivity index (χ1v) is 7.57. The summed E-state index contributed by atoms with van der Waals surface area (Å²) >= 11 is 0. The maximum Gasteiger partial charge on any atom is 0.0966 e. The fraction of sp³-hybridized carbons (Fsp3) is 0.471. The monoisotopic (exact) mass is 270 g/mol. The molecule has 0 aliphatic carbocycles. The van der Waals surface area contributed by atoms with Crippen LogP contribution in [0.25, 0.3) is 10.8 Å². The van der Waals surface area contributed by atoms with Crippen LogP contribution in [0.3, 0.4) is 0 Å². The Morgan fingerprint density at radius 3 is 2.85 bits per heavy atom. The van der Waals surface area contributed by atoms with Gasteiger partial charge in [0.05, 0.1) is 11.8 Å². The van der Waals surface area contributed by atoms with Crippen LogP contribution in [-0.4, -0.2) is 23.2 Å². The van der Waals surface area contributed by atoms with Crippen LogP contribution in [0.2, 0.25) is 0 Å². The molecule has 0 amide bonds. The Bertz CT molecular complexity index is 558. The van der Waals surface area contributed by atoms with Crippen molar-refractivity contribution in [1.82, 2.24) is 10.3 Å². The summed E-state index contributed by atoms with van der Waals surface area (Å²) in [5.41, 5.74) is 0.831. The normalized spacial score (nSPS) is 18.2. The number of rotatable bonds is 4. The number of aliphatic hydroxyl groups is 1. The first-order chi connectivity index (χ1) is 9.84. The number of hydrogen-bond acceptors (Lipinski definition) is 3. The molecule has 0 saturated carbocycles. The Balaban J connectivity index is 1.70. The molecule has 0 bridgehead atoms. The maximum atomic E-state index is 10.5. The SMILES string of the molecule is OC(CCC1CCNCC1)c1nccc2ccccc12. The van der Waals surface area contributed by atoms with Gasteiger partial charge in [0.25, 0.3) is 0 Å². The van der Waals surface area contributed by atoms with Crippen LogP contribution in [0.4, 0.5) is 0 Å². The number of hydrogen-bond donors (Lipinski definition) is 2. The zero-order valence-corrected chi connectivity index (χ0v) is 11.8. The van der Waals surface area contributed by atoms with E-state index < -0.39 is 6.10 Å². The molecule has 1 aromatic heterocycles. The quantitative estimate of drug-likeness (QED) is 0.897. The van der Waals surface area contributed by atoms with Gasteiger partial charge in [0.15, 0.2) is 0 Å². The molecule has 3 rings (SSSR count). The van der Waals surface area contributed by atoms with Crippen molar-refractivity contribution >= 4 is 10.8 Å². The highest BCUT2D eigenvalue weighted by Gasteiger charge is 2.17. The highest BCUT2D eigenvalue weighted by Crippen LogP contribution is 2.28. The third-order valence-corrected chi connectivity index (χ3v) is 4.33. The number of pyridine rings is 1. The number of nitrogens with one attached hydrogen (secondary N) is 1. The number of aliphatic hydroxyl groups excluding tert-OH is 1. The molecule has 0 spiro atoms. The molecular weight excluding hydrogens is 248 g/mol. The third-order valence-electron chi connectivity index (χ3n) is 4.33. The highest BCUT2D eigenvalue weighted by atomic mass is 16.3. The van der Waals surface area contributed by atoms with Gasteiger partial charge in [-0.1, -0.05) is 24.3 Å². The molecule has 1 fully saturated rings. The molecule has 3 nitrogen and oxygen atoms in total. The van der Waals surface area contributed by atoms with Crippen molar-refractivity contribution in [3.8, 4) is 0 Å². The number of fused-ring (bicyclic) bond motifs is 1. The molecule has 0 radical (unpaired) electrons. The summed E-state index contributed by atoms with van der Waals surface area (Å²) in [7, 11) is 0. The van der Waals surface area contributed by atoms with Crippen LogP contribution in [-0.2, 0) is 0 Å². The van der Waals surface area contributed by atoms with Crippen LogP contribution in [0, 0.1) is 5.92 Å². The van der Waals surface area contributed by atoms with Crippen LogP contribution < -0.4 is 5.32 Å². The molecule has 1 atom stereocenters. The number of benzene rings is 1. The molecular formula is C17H22N2O. The van der Waals surface area contributed by atoms with E-state index in [9.17, 15) is 5.11 Å². The van der Waals surface area contributed by atoms with Crippen molar-refractivity contribution in [3.63, 3.8) is 0 Å². The molecule has 2 aromatic rings. The zero-order valence-electron chi connectivity index (χ0n) is 11.8. The smallest absolute Gasteiger partial charge is 0.0966 e. The minimum absolute atomic E-state index is 0.448. The lowest BCUT2D eigenvalue weighted by Crippen LogP contribution is -2.27. The van der Waals surface area contributed by atoms with Crippen molar-refractivity contribution in [2.75, 3.05) is 13.1 Å². The van der Waals surface area contributed by atoms with E-state index in [1.165, 1.54) is 12.8 Å². The topological polar surface area (TPSA) is 45.1 Å². The predicted molar refractivity (Wildman–Crippen MR) is 81.5 cm³/mol. The fourth-order valence-corrected chi connectivity index (χ4v) is 3.11. The molecule has 1 aliphatic rings. The van der Waals surface area contributed by atoms with Gasteiger partial charge in [-0.25, -0.2) is 0 Å². The van der Waals surface area contributed by atoms with Gasteiger partial charge in [0, 0.05) is 11.6 Å². The predicted octanol–water partition coefficient (Wildman–Crippen LogP) is 3.05. The average molecular weight is 270 g/mol. The van der Waals surface area contributed by atoms with Gasteiger partial charge in [-0.3, -0.25) is 4.98 Å². The van der Waals surface area contributed by atoms with Crippen LogP contribution in [0.5, 0.6) is 0 Å². The van der Waals surface area contributed by atoms with Gasteiger partial charge in [0.1, 0.15) is 0 Å². The summed E-state index contributed by atoms with van der Waals surface area (Å²) in [6.45, 7) is 2.24. The Kier molecular flexibility index (Phi) is 4.28. The summed E-state index contributed by atoms with van der Waals surface area (Å²) < 4.78 is 0. The van der Waals surface area contributed by atoms with Gasteiger partial charge in [0.2, 0.25) is 0 Å². The Hall–Kier alpha value is -1.45. The number of nitrogens with zero attached hydrogens (tertiary/aromatic N) is 1. The second-order valence-corrected chi connectivity index (χ2v) is 5.70. The summed E-state index contributed by atoms with van der Waals surface area (Å²) in [5, 5.41) is 16.1. The molecule has 3 heteroatoms. The minimum atomic E-state index is -0.448. The van der Waals surface area contributed by atoms with Gasteiger partial charge in [-0.2, -0.15) is 0 Å². The Morgan fingerprint density at radius 2 is 2.00 bits per heavy atom.